The normalized spacial score (nSPS) is 25.5. The summed E-state index contributed by atoms with van der Waals surface area (Å²) in [5, 5.41) is 0.800. The largest absolute Gasteiger partial charge is 0.377 e. The van der Waals surface area contributed by atoms with Gasteiger partial charge in [0.2, 0.25) is 0 Å². The molecule has 2 aromatic rings. The van der Waals surface area contributed by atoms with E-state index in [0.29, 0.717) is 17.8 Å². The molecule has 0 saturated heterocycles. The average Bonchev–Trinajstić information content (AvgIpc) is 3.50. The molecule has 1 aromatic heterocycles. The van der Waals surface area contributed by atoms with Crippen molar-refractivity contribution in [2.45, 2.75) is 131 Å². The minimum Gasteiger partial charge on any atom is -0.377 e. The van der Waals surface area contributed by atoms with Crippen LogP contribution in [0.25, 0.3) is 5.69 Å². The van der Waals surface area contributed by atoms with E-state index in [1.54, 1.807) is 12.7 Å². The summed E-state index contributed by atoms with van der Waals surface area (Å²) in [7, 11) is 1.80. The average molecular weight is 646 g/mol. The third-order valence-corrected chi connectivity index (χ3v) is 10.3. The minimum absolute atomic E-state index is 0.104. The molecule has 46 heavy (non-hydrogen) atoms. The molecule has 0 bridgehead atoms. The molecule has 2 heterocycles. The third-order valence-electron chi connectivity index (χ3n) is 10.1. The molecule has 0 radical (unpaired) electrons. The van der Waals surface area contributed by atoms with Gasteiger partial charge in [0.05, 0.1) is 6.10 Å². The summed E-state index contributed by atoms with van der Waals surface area (Å²) in [6, 6.07) is 10.7. The predicted octanol–water partition coefficient (Wildman–Crippen LogP) is 13.3. The van der Waals surface area contributed by atoms with Gasteiger partial charge in [0.15, 0.2) is 0 Å². The van der Waals surface area contributed by atoms with E-state index in [4.69, 9.17) is 16.3 Å². The van der Waals surface area contributed by atoms with Crippen LogP contribution in [0.5, 0.6) is 0 Å². The molecule has 254 valence electrons. The van der Waals surface area contributed by atoms with Gasteiger partial charge in [-0.15, -0.1) is 0 Å². The van der Waals surface area contributed by atoms with Crippen molar-refractivity contribution in [3.05, 3.63) is 100 Å². The quantitative estimate of drug-likeness (QED) is 0.260. The Balaban J connectivity index is 0.000000233. The van der Waals surface area contributed by atoms with E-state index in [1.165, 1.54) is 80.3 Å². The molecule has 1 fully saturated rings. The van der Waals surface area contributed by atoms with Crippen LogP contribution in [0.3, 0.4) is 0 Å². The van der Waals surface area contributed by atoms with E-state index in [0.717, 1.165) is 29.7 Å². The number of halogens is 1. The molecule has 2 aliphatic carbocycles. The zero-order valence-electron chi connectivity index (χ0n) is 30.4. The van der Waals surface area contributed by atoms with Gasteiger partial charge in [0.25, 0.3) is 0 Å². The van der Waals surface area contributed by atoms with Gasteiger partial charge in [0, 0.05) is 35.6 Å². The number of methoxy groups -OCH3 is 1. The van der Waals surface area contributed by atoms with Crippen molar-refractivity contribution in [2.75, 3.05) is 7.11 Å². The van der Waals surface area contributed by atoms with Crippen molar-refractivity contribution >= 4 is 11.6 Å². The number of rotatable bonds is 8. The molecule has 1 saturated carbocycles. The van der Waals surface area contributed by atoms with E-state index in [9.17, 15) is 0 Å². The number of aryl methyl sites for hydroxylation is 1. The van der Waals surface area contributed by atoms with Crippen LogP contribution in [-0.2, 0) is 11.2 Å². The standard InChI is InChI=1S/C22H24ClNO.C15H28.C6H12/c1-15-9-11-17-6-5-13-24(17)20-12-10-16(23)14-19(20)22(15)18-7-3-4-8-21(18)25-2;1-4-6-14(7-5-2)12-15-10-8-13(3)9-11-15;1-4-5-6(2)3/h3-8,10,12-15,18,21-22H,9,11H2,1-2H3;6,13,15H,4-5,7-12H2,1-3H3;5H,4H2,1-3H3/b;14-6+;. The van der Waals surface area contributed by atoms with E-state index in [-0.39, 0.29) is 6.10 Å². The summed E-state index contributed by atoms with van der Waals surface area (Å²) in [6.45, 7) is 15.7. The van der Waals surface area contributed by atoms with Crippen LogP contribution in [0.2, 0.25) is 5.02 Å². The summed E-state index contributed by atoms with van der Waals surface area (Å²) in [4.78, 5) is 0. The smallest absolute Gasteiger partial charge is 0.0823 e. The maximum Gasteiger partial charge on any atom is 0.0823 e. The Labute approximate surface area is 288 Å². The summed E-state index contributed by atoms with van der Waals surface area (Å²) >= 11 is 6.42. The number of hydrogen-bond donors (Lipinski definition) is 0. The van der Waals surface area contributed by atoms with Crippen LogP contribution < -0.4 is 0 Å². The Kier molecular flexibility index (Phi) is 16.7. The fourth-order valence-corrected chi connectivity index (χ4v) is 7.87. The molecule has 1 aromatic carbocycles. The molecule has 2 nitrogen and oxygen atoms in total. The first-order valence-corrected chi connectivity index (χ1v) is 18.7. The van der Waals surface area contributed by atoms with Crippen molar-refractivity contribution in [3.8, 4) is 5.69 Å². The Morgan fingerprint density at radius 2 is 1.65 bits per heavy atom. The first-order valence-electron chi connectivity index (χ1n) is 18.4. The van der Waals surface area contributed by atoms with Gasteiger partial charge in [-0.25, -0.2) is 0 Å². The highest BCUT2D eigenvalue weighted by molar-refractivity contribution is 6.30. The lowest BCUT2D eigenvalue weighted by Gasteiger charge is -2.37. The second kappa shape index (κ2) is 20.2. The molecule has 4 atom stereocenters. The number of allylic oxidation sites excluding steroid dienone is 6. The Bertz CT molecular complexity index is 1280. The highest BCUT2D eigenvalue weighted by Crippen LogP contribution is 2.44. The molecule has 0 spiro atoms. The SMILES string of the molecule is CC/C=C(\CCC)CC1CCC(C)CC1.CCC=C(C)C.COC1C=CC=CC1C1c2cc(Cl)ccc2-n2cccc2CCC1C. The van der Waals surface area contributed by atoms with Crippen LogP contribution >= 0.6 is 11.6 Å². The maximum atomic E-state index is 6.42. The molecule has 0 N–H and O–H groups in total. The Morgan fingerprint density at radius 1 is 0.935 bits per heavy atom. The molecule has 3 heteroatoms. The van der Waals surface area contributed by atoms with Crippen LogP contribution in [0.4, 0.5) is 0 Å². The highest BCUT2D eigenvalue weighted by atomic mass is 35.5. The Hall–Kier alpha value is -2.29. The van der Waals surface area contributed by atoms with Gasteiger partial charge in [-0.2, -0.15) is 0 Å². The van der Waals surface area contributed by atoms with Gasteiger partial charge < -0.3 is 9.30 Å². The topological polar surface area (TPSA) is 14.2 Å². The predicted molar refractivity (Wildman–Crippen MR) is 202 cm³/mol. The highest BCUT2D eigenvalue weighted by Gasteiger charge is 2.35. The summed E-state index contributed by atoms with van der Waals surface area (Å²) in [5.74, 6) is 3.23. The number of ether oxygens (including phenoxy) is 1. The van der Waals surface area contributed by atoms with E-state index >= 15 is 0 Å². The number of benzene rings is 1. The Morgan fingerprint density at radius 3 is 2.28 bits per heavy atom. The fourth-order valence-electron chi connectivity index (χ4n) is 7.69. The van der Waals surface area contributed by atoms with Gasteiger partial charge in [-0.05, 0) is 125 Å². The molecular weight excluding hydrogens is 582 g/mol. The zero-order valence-corrected chi connectivity index (χ0v) is 31.2. The van der Waals surface area contributed by atoms with Crippen molar-refractivity contribution in [3.63, 3.8) is 0 Å². The van der Waals surface area contributed by atoms with Crippen molar-refractivity contribution in [1.82, 2.24) is 4.57 Å². The van der Waals surface area contributed by atoms with Crippen molar-refractivity contribution in [2.24, 2.45) is 23.7 Å². The van der Waals surface area contributed by atoms with E-state index in [1.807, 2.05) is 6.07 Å². The first kappa shape index (κ1) is 38.2. The summed E-state index contributed by atoms with van der Waals surface area (Å²) in [6.07, 6.45) is 30.2. The molecular formula is C43H64ClNO. The summed E-state index contributed by atoms with van der Waals surface area (Å²) in [5.41, 5.74) is 7.09. The van der Waals surface area contributed by atoms with Crippen LogP contribution in [-0.4, -0.2) is 17.8 Å². The number of nitrogens with zero attached hydrogens (tertiary/aromatic N) is 1. The second-order valence-corrected chi connectivity index (χ2v) is 14.6. The number of fused-ring (bicyclic) bond motifs is 3. The van der Waals surface area contributed by atoms with Crippen LogP contribution in [0.1, 0.15) is 130 Å². The van der Waals surface area contributed by atoms with E-state index < -0.39 is 0 Å². The lowest BCUT2D eigenvalue weighted by molar-refractivity contribution is 0.0848. The van der Waals surface area contributed by atoms with Gasteiger partial charge in [-0.1, -0.05) is 113 Å². The third kappa shape index (κ3) is 11.4. The lowest BCUT2D eigenvalue weighted by Crippen LogP contribution is -2.32. The molecule has 1 aliphatic heterocycles. The molecule has 3 aliphatic rings. The van der Waals surface area contributed by atoms with Gasteiger partial charge >= 0.3 is 0 Å². The maximum absolute atomic E-state index is 6.42. The summed E-state index contributed by atoms with van der Waals surface area (Å²) < 4.78 is 8.13. The lowest BCUT2D eigenvalue weighted by atomic mass is 9.71. The van der Waals surface area contributed by atoms with Crippen LogP contribution in [0.15, 0.2) is 84.1 Å². The van der Waals surface area contributed by atoms with Crippen LogP contribution in [0, 0.1) is 23.7 Å². The van der Waals surface area contributed by atoms with Crippen molar-refractivity contribution < 1.29 is 4.74 Å². The number of hydrogen-bond acceptors (Lipinski definition) is 1. The molecule has 5 rings (SSSR count). The minimum atomic E-state index is 0.104. The van der Waals surface area contributed by atoms with Gasteiger partial charge in [0.1, 0.15) is 0 Å². The number of aromatic nitrogens is 1. The monoisotopic (exact) mass is 645 g/mol. The fraction of sp³-hybridized carbons (Fsp3) is 0.581. The molecule has 0 amide bonds. The van der Waals surface area contributed by atoms with Crippen molar-refractivity contribution in [1.29, 1.82) is 0 Å². The van der Waals surface area contributed by atoms with Gasteiger partial charge in [-0.3, -0.25) is 0 Å². The second-order valence-electron chi connectivity index (χ2n) is 14.2. The zero-order chi connectivity index (χ0) is 33.5. The first-order chi connectivity index (χ1) is 22.2. The molecule has 4 unspecified atom stereocenters. The van der Waals surface area contributed by atoms with E-state index in [2.05, 4.69) is 120 Å².